The van der Waals surface area contributed by atoms with Crippen LogP contribution in [-0.2, 0) is 4.74 Å². The van der Waals surface area contributed by atoms with Gasteiger partial charge in [-0.2, -0.15) is 5.26 Å². The van der Waals surface area contributed by atoms with Crippen LogP contribution >= 0.6 is 0 Å². The van der Waals surface area contributed by atoms with Crippen molar-refractivity contribution in [2.45, 2.75) is 6.42 Å². The minimum atomic E-state index is -0.222. The number of carbonyl (C=O) groups excluding carboxylic acids is 1. The Hall–Kier alpha value is -2.34. The first-order valence-corrected chi connectivity index (χ1v) is 6.58. The fourth-order valence-electron chi connectivity index (χ4n) is 1.76. The van der Waals surface area contributed by atoms with Gasteiger partial charge in [-0.05, 0) is 18.2 Å². The van der Waals surface area contributed by atoms with Gasteiger partial charge < -0.3 is 14.7 Å². The summed E-state index contributed by atoms with van der Waals surface area (Å²) in [4.78, 5) is 14.0. The second kappa shape index (κ2) is 9.55. The molecule has 1 rings (SSSR count). The number of amides is 1. The van der Waals surface area contributed by atoms with E-state index in [1.54, 1.807) is 36.3 Å². The average molecular weight is 286 g/mol. The van der Waals surface area contributed by atoms with Crippen LogP contribution in [0.3, 0.4) is 0 Å². The molecule has 0 unspecified atom stereocenters. The van der Waals surface area contributed by atoms with Crippen molar-refractivity contribution in [1.29, 1.82) is 5.26 Å². The lowest BCUT2D eigenvalue weighted by Gasteiger charge is -2.21. The molecule has 5 heteroatoms. The number of methoxy groups -OCH3 is 1. The van der Waals surface area contributed by atoms with Gasteiger partial charge in [0.15, 0.2) is 0 Å². The number of rotatable bonds is 6. The molecule has 21 heavy (non-hydrogen) atoms. The molecule has 0 aromatic heterocycles. The molecule has 0 bridgehead atoms. The Balaban J connectivity index is 2.89. The standard InChI is InChI=1S/C16H18N2O3/c1-21-12-10-18(9-4-8-17)16(20)15-7-2-5-14(13-15)6-3-11-19/h2,5,7,13,19H,4,9-12H2,1H3. The molecule has 0 heterocycles. The third kappa shape index (κ3) is 5.66. The Labute approximate surface area is 124 Å². The summed E-state index contributed by atoms with van der Waals surface area (Å²) in [6, 6.07) is 8.94. The van der Waals surface area contributed by atoms with Crippen molar-refractivity contribution in [3.63, 3.8) is 0 Å². The second-order valence-electron chi connectivity index (χ2n) is 4.23. The second-order valence-corrected chi connectivity index (χ2v) is 4.23. The Kier molecular flexibility index (Phi) is 7.60. The van der Waals surface area contributed by atoms with Crippen LogP contribution in [0.25, 0.3) is 0 Å². The fourth-order valence-corrected chi connectivity index (χ4v) is 1.76. The molecule has 1 aromatic carbocycles. The van der Waals surface area contributed by atoms with E-state index in [-0.39, 0.29) is 18.9 Å². The number of hydrogen-bond acceptors (Lipinski definition) is 4. The van der Waals surface area contributed by atoms with Crippen molar-refractivity contribution in [2.24, 2.45) is 0 Å². The summed E-state index contributed by atoms with van der Waals surface area (Å²) in [5, 5.41) is 17.4. The highest BCUT2D eigenvalue weighted by atomic mass is 16.5. The summed E-state index contributed by atoms with van der Waals surface area (Å²) in [5.74, 6) is 5.16. The lowest BCUT2D eigenvalue weighted by Crippen LogP contribution is -2.34. The SMILES string of the molecule is COCCN(CCC#N)C(=O)c1cccc(C#CCO)c1. The molecule has 0 aliphatic carbocycles. The molecule has 0 radical (unpaired) electrons. The third-order valence-corrected chi connectivity index (χ3v) is 2.77. The molecular weight excluding hydrogens is 268 g/mol. The Morgan fingerprint density at radius 1 is 1.43 bits per heavy atom. The summed E-state index contributed by atoms with van der Waals surface area (Å²) in [6.07, 6.45) is 0.277. The third-order valence-electron chi connectivity index (χ3n) is 2.77. The van der Waals surface area contributed by atoms with E-state index in [9.17, 15) is 4.79 Å². The summed E-state index contributed by atoms with van der Waals surface area (Å²) in [6.45, 7) is 0.996. The number of nitriles is 1. The van der Waals surface area contributed by atoms with Gasteiger partial charge in [-0.15, -0.1) is 0 Å². The van der Waals surface area contributed by atoms with E-state index in [1.165, 1.54) is 0 Å². The van der Waals surface area contributed by atoms with Gasteiger partial charge in [-0.3, -0.25) is 4.79 Å². The van der Waals surface area contributed by atoms with E-state index in [0.29, 0.717) is 30.8 Å². The molecule has 0 aliphatic heterocycles. The lowest BCUT2D eigenvalue weighted by molar-refractivity contribution is 0.0700. The van der Waals surface area contributed by atoms with Crippen LogP contribution in [-0.4, -0.2) is 49.3 Å². The Morgan fingerprint density at radius 3 is 2.90 bits per heavy atom. The van der Waals surface area contributed by atoms with E-state index in [0.717, 1.165) is 0 Å². The maximum Gasteiger partial charge on any atom is 0.254 e. The van der Waals surface area contributed by atoms with Crippen LogP contribution in [0.5, 0.6) is 0 Å². The average Bonchev–Trinajstić information content (AvgIpc) is 2.53. The van der Waals surface area contributed by atoms with E-state index >= 15 is 0 Å². The predicted octanol–water partition coefficient (Wildman–Crippen LogP) is 1.03. The van der Waals surface area contributed by atoms with Gasteiger partial charge in [-0.1, -0.05) is 17.9 Å². The van der Waals surface area contributed by atoms with E-state index < -0.39 is 0 Å². The summed E-state index contributed by atoms with van der Waals surface area (Å²) in [7, 11) is 1.57. The van der Waals surface area contributed by atoms with Gasteiger partial charge in [-0.25, -0.2) is 0 Å². The molecule has 0 saturated heterocycles. The van der Waals surface area contributed by atoms with Crippen molar-refractivity contribution < 1.29 is 14.6 Å². The number of aliphatic hydroxyl groups excluding tert-OH is 1. The summed E-state index contributed by atoms with van der Waals surface area (Å²) >= 11 is 0. The zero-order valence-electron chi connectivity index (χ0n) is 12.0. The molecule has 0 fully saturated rings. The smallest absolute Gasteiger partial charge is 0.254 e. The fraction of sp³-hybridized carbons (Fsp3) is 0.375. The van der Waals surface area contributed by atoms with Gasteiger partial charge in [0.25, 0.3) is 5.91 Å². The maximum absolute atomic E-state index is 12.4. The largest absolute Gasteiger partial charge is 0.384 e. The molecule has 1 aromatic rings. The molecule has 0 aliphatic rings. The summed E-state index contributed by atoms with van der Waals surface area (Å²) < 4.78 is 4.99. The minimum Gasteiger partial charge on any atom is -0.384 e. The van der Waals surface area contributed by atoms with Crippen molar-refractivity contribution in [3.05, 3.63) is 35.4 Å². The molecule has 0 saturated carbocycles. The van der Waals surface area contributed by atoms with Crippen LogP contribution in [0.1, 0.15) is 22.3 Å². The molecule has 110 valence electrons. The molecule has 1 amide bonds. The number of ether oxygens (including phenoxy) is 1. The van der Waals surface area contributed by atoms with Gasteiger partial charge in [0.1, 0.15) is 6.61 Å². The van der Waals surface area contributed by atoms with Gasteiger partial charge in [0.2, 0.25) is 0 Å². The van der Waals surface area contributed by atoms with Crippen LogP contribution in [0.4, 0.5) is 0 Å². The van der Waals surface area contributed by atoms with E-state index in [2.05, 4.69) is 11.8 Å². The number of carbonyl (C=O) groups is 1. The minimum absolute atomic E-state index is 0.157. The molecule has 1 N–H and O–H groups in total. The summed E-state index contributed by atoms with van der Waals surface area (Å²) in [5.41, 5.74) is 1.18. The number of nitrogens with zero attached hydrogens (tertiary/aromatic N) is 2. The number of hydrogen-bond donors (Lipinski definition) is 1. The van der Waals surface area contributed by atoms with E-state index in [1.807, 2.05) is 6.07 Å². The van der Waals surface area contributed by atoms with Gasteiger partial charge in [0, 0.05) is 31.3 Å². The zero-order chi connectivity index (χ0) is 15.5. The highest BCUT2D eigenvalue weighted by Gasteiger charge is 2.15. The number of benzene rings is 1. The monoisotopic (exact) mass is 286 g/mol. The highest BCUT2D eigenvalue weighted by Crippen LogP contribution is 2.08. The van der Waals surface area contributed by atoms with Crippen molar-refractivity contribution in [1.82, 2.24) is 4.90 Å². The van der Waals surface area contributed by atoms with Crippen LogP contribution in [0.15, 0.2) is 24.3 Å². The molecule has 5 nitrogen and oxygen atoms in total. The highest BCUT2D eigenvalue weighted by molar-refractivity contribution is 5.94. The first kappa shape index (κ1) is 16.7. The van der Waals surface area contributed by atoms with Crippen molar-refractivity contribution in [3.8, 4) is 17.9 Å². The lowest BCUT2D eigenvalue weighted by atomic mass is 10.1. The van der Waals surface area contributed by atoms with Crippen molar-refractivity contribution in [2.75, 3.05) is 33.4 Å². The maximum atomic E-state index is 12.4. The van der Waals surface area contributed by atoms with Crippen molar-refractivity contribution >= 4 is 5.91 Å². The molecule has 0 spiro atoms. The Bertz CT molecular complexity index is 567. The van der Waals surface area contributed by atoms with Crippen LogP contribution < -0.4 is 0 Å². The van der Waals surface area contributed by atoms with Gasteiger partial charge in [0.05, 0.1) is 19.1 Å². The quantitative estimate of drug-likeness (QED) is 0.793. The molecule has 0 atom stereocenters. The first-order chi connectivity index (χ1) is 10.2. The first-order valence-electron chi connectivity index (χ1n) is 6.58. The normalized spacial score (nSPS) is 9.38. The van der Waals surface area contributed by atoms with E-state index in [4.69, 9.17) is 15.1 Å². The Morgan fingerprint density at radius 2 is 2.24 bits per heavy atom. The number of aliphatic hydroxyl groups is 1. The molecular formula is C16H18N2O3. The zero-order valence-corrected chi connectivity index (χ0v) is 12.0. The van der Waals surface area contributed by atoms with Crippen LogP contribution in [0.2, 0.25) is 0 Å². The van der Waals surface area contributed by atoms with Crippen LogP contribution in [0, 0.1) is 23.2 Å². The van der Waals surface area contributed by atoms with Gasteiger partial charge >= 0.3 is 0 Å². The topological polar surface area (TPSA) is 73.6 Å². The predicted molar refractivity (Wildman–Crippen MR) is 78.4 cm³/mol.